The minimum absolute atomic E-state index is 0.689. The summed E-state index contributed by atoms with van der Waals surface area (Å²) >= 11 is 0. The molecule has 0 saturated heterocycles. The lowest BCUT2D eigenvalue weighted by Gasteiger charge is -2.11. The summed E-state index contributed by atoms with van der Waals surface area (Å²) < 4.78 is 5.66. The van der Waals surface area contributed by atoms with E-state index in [1.165, 1.54) is 5.57 Å². The van der Waals surface area contributed by atoms with E-state index >= 15 is 0 Å². The highest BCUT2D eigenvalue weighted by atomic mass is 16.5. The number of hydrogen-bond acceptors (Lipinski definition) is 2. The first-order chi connectivity index (χ1) is 7.90. The molecule has 1 aliphatic heterocycles. The van der Waals surface area contributed by atoms with E-state index in [2.05, 4.69) is 23.2 Å². The van der Waals surface area contributed by atoms with Crippen LogP contribution in [0, 0.1) is 0 Å². The van der Waals surface area contributed by atoms with Gasteiger partial charge in [0.15, 0.2) is 0 Å². The van der Waals surface area contributed by atoms with Crippen LogP contribution in [0.1, 0.15) is 18.9 Å². The van der Waals surface area contributed by atoms with Crippen LogP contribution in [0.4, 0.5) is 5.69 Å². The molecule has 0 fully saturated rings. The Hall–Kier alpha value is -1.83. The molecule has 0 amide bonds. The van der Waals surface area contributed by atoms with Crippen molar-refractivity contribution < 1.29 is 4.74 Å². The fourth-order valence-electron chi connectivity index (χ4n) is 2.19. The van der Waals surface area contributed by atoms with Crippen LogP contribution in [0.5, 0.6) is 5.75 Å². The molecule has 2 nitrogen and oxygen atoms in total. The Morgan fingerprint density at radius 1 is 1.38 bits per heavy atom. The molecule has 0 saturated carbocycles. The van der Waals surface area contributed by atoms with Gasteiger partial charge in [0.2, 0.25) is 0 Å². The zero-order valence-electron chi connectivity index (χ0n) is 9.23. The molecule has 0 radical (unpaired) electrons. The van der Waals surface area contributed by atoms with Crippen LogP contribution in [-0.2, 0) is 0 Å². The Morgan fingerprint density at radius 2 is 2.31 bits per heavy atom. The average molecular weight is 211 g/mol. The van der Waals surface area contributed by atoms with Gasteiger partial charge in [-0.2, -0.15) is 0 Å². The largest absolute Gasteiger partial charge is 0.493 e. The maximum atomic E-state index is 5.66. The molecular weight excluding hydrogens is 198 g/mol. The zero-order chi connectivity index (χ0) is 11.0. The molecule has 16 heavy (non-hydrogen) atoms. The van der Waals surface area contributed by atoms with Gasteiger partial charge in [0.25, 0.3) is 0 Å². The molecular formula is C14H13NO. The van der Waals surface area contributed by atoms with Gasteiger partial charge >= 0.3 is 0 Å². The molecule has 0 bridgehead atoms. The number of ether oxygens (including phenoxy) is 1. The van der Waals surface area contributed by atoms with Crippen LogP contribution in [-0.4, -0.2) is 12.3 Å². The highest BCUT2D eigenvalue weighted by molar-refractivity contribution is 6.30. The highest BCUT2D eigenvalue weighted by Crippen LogP contribution is 2.42. The van der Waals surface area contributed by atoms with Gasteiger partial charge in [0, 0.05) is 12.0 Å². The van der Waals surface area contributed by atoms with E-state index in [-0.39, 0.29) is 0 Å². The van der Waals surface area contributed by atoms with E-state index in [9.17, 15) is 0 Å². The first-order valence-electron chi connectivity index (χ1n) is 5.61. The van der Waals surface area contributed by atoms with Gasteiger partial charge in [0.05, 0.1) is 23.6 Å². The quantitative estimate of drug-likeness (QED) is 0.733. The van der Waals surface area contributed by atoms with Gasteiger partial charge in [0.1, 0.15) is 5.75 Å². The maximum absolute atomic E-state index is 5.66. The van der Waals surface area contributed by atoms with Gasteiger partial charge < -0.3 is 4.74 Å². The molecule has 80 valence electrons. The third-order valence-corrected chi connectivity index (χ3v) is 2.85. The molecule has 1 aliphatic carbocycles. The Balaban J connectivity index is 2.16. The number of rotatable bonds is 2. The fourth-order valence-corrected chi connectivity index (χ4v) is 2.19. The van der Waals surface area contributed by atoms with Crippen molar-refractivity contribution in [3.8, 4) is 5.75 Å². The topological polar surface area (TPSA) is 21.6 Å². The van der Waals surface area contributed by atoms with Crippen LogP contribution in [0.25, 0.3) is 5.57 Å². The van der Waals surface area contributed by atoms with Gasteiger partial charge in [-0.05, 0) is 19.1 Å². The average Bonchev–Trinajstić information content (AvgIpc) is 2.68. The van der Waals surface area contributed by atoms with Crippen molar-refractivity contribution in [3.63, 3.8) is 0 Å². The SMILES string of the molecule is CCOc1cccc2c1C1=CC=CCC1=N2. The van der Waals surface area contributed by atoms with Gasteiger partial charge in [-0.1, -0.05) is 24.3 Å². The number of allylic oxidation sites excluding steroid dienone is 4. The second-order valence-electron chi connectivity index (χ2n) is 3.85. The molecule has 1 aromatic carbocycles. The van der Waals surface area contributed by atoms with E-state index < -0.39 is 0 Å². The molecule has 3 rings (SSSR count). The molecule has 0 atom stereocenters. The molecule has 1 aromatic rings. The normalized spacial score (nSPS) is 16.3. The summed E-state index contributed by atoms with van der Waals surface area (Å²) in [6, 6.07) is 6.06. The standard InChI is InChI=1S/C14H13NO/c1-2-16-13-9-5-8-12-14(13)10-6-3-4-7-11(10)15-12/h3-6,8-9H,2,7H2,1H3. The Morgan fingerprint density at radius 3 is 3.19 bits per heavy atom. The third kappa shape index (κ3) is 1.30. The van der Waals surface area contributed by atoms with Crippen molar-refractivity contribution in [2.75, 3.05) is 6.61 Å². The number of aliphatic imine (C=N–C) groups is 1. The Labute approximate surface area is 95.0 Å². The lowest BCUT2D eigenvalue weighted by atomic mass is 9.97. The summed E-state index contributed by atoms with van der Waals surface area (Å²) in [6.07, 6.45) is 7.27. The molecule has 0 N–H and O–H groups in total. The maximum Gasteiger partial charge on any atom is 0.129 e. The minimum atomic E-state index is 0.689. The van der Waals surface area contributed by atoms with Crippen molar-refractivity contribution in [2.24, 2.45) is 4.99 Å². The summed E-state index contributed by atoms with van der Waals surface area (Å²) in [5.74, 6) is 0.945. The second-order valence-corrected chi connectivity index (χ2v) is 3.85. The van der Waals surface area contributed by atoms with Crippen LogP contribution in [0.15, 0.2) is 41.4 Å². The van der Waals surface area contributed by atoms with Crippen LogP contribution in [0.3, 0.4) is 0 Å². The van der Waals surface area contributed by atoms with E-state index in [4.69, 9.17) is 4.74 Å². The van der Waals surface area contributed by atoms with Crippen molar-refractivity contribution in [3.05, 3.63) is 42.0 Å². The summed E-state index contributed by atoms with van der Waals surface area (Å²) in [5.41, 5.74) is 4.57. The van der Waals surface area contributed by atoms with Crippen LogP contribution < -0.4 is 4.74 Å². The molecule has 1 heterocycles. The van der Waals surface area contributed by atoms with Crippen molar-refractivity contribution in [2.45, 2.75) is 13.3 Å². The molecule has 0 aromatic heterocycles. The minimum Gasteiger partial charge on any atom is -0.493 e. The zero-order valence-corrected chi connectivity index (χ0v) is 9.23. The van der Waals surface area contributed by atoms with E-state index in [0.717, 1.165) is 29.1 Å². The summed E-state index contributed by atoms with van der Waals surface area (Å²) in [5, 5.41) is 0. The first kappa shape index (κ1) is 9.40. The highest BCUT2D eigenvalue weighted by Gasteiger charge is 2.24. The summed E-state index contributed by atoms with van der Waals surface area (Å²) in [4.78, 5) is 4.63. The van der Waals surface area contributed by atoms with Crippen molar-refractivity contribution >= 4 is 17.0 Å². The molecule has 2 heteroatoms. The predicted octanol–water partition coefficient (Wildman–Crippen LogP) is 3.51. The lowest BCUT2D eigenvalue weighted by molar-refractivity contribution is 0.339. The number of benzene rings is 1. The Bertz CT molecular complexity index is 524. The number of nitrogens with zero attached hydrogens (tertiary/aromatic N) is 1. The molecule has 0 unspecified atom stereocenters. The van der Waals surface area contributed by atoms with Crippen molar-refractivity contribution in [1.29, 1.82) is 0 Å². The summed E-state index contributed by atoms with van der Waals surface area (Å²) in [7, 11) is 0. The monoisotopic (exact) mass is 211 g/mol. The van der Waals surface area contributed by atoms with E-state index in [1.54, 1.807) is 0 Å². The van der Waals surface area contributed by atoms with Crippen LogP contribution >= 0.6 is 0 Å². The molecule has 2 aliphatic rings. The van der Waals surface area contributed by atoms with Gasteiger partial charge in [-0.25, -0.2) is 0 Å². The van der Waals surface area contributed by atoms with Gasteiger partial charge in [-0.15, -0.1) is 0 Å². The second kappa shape index (κ2) is 3.63. The van der Waals surface area contributed by atoms with Crippen molar-refractivity contribution in [1.82, 2.24) is 0 Å². The molecule has 0 spiro atoms. The number of hydrogen-bond donors (Lipinski definition) is 0. The predicted molar refractivity (Wildman–Crippen MR) is 66.4 cm³/mol. The lowest BCUT2D eigenvalue weighted by Crippen LogP contribution is -2.01. The fraction of sp³-hybridized carbons (Fsp3) is 0.214. The van der Waals surface area contributed by atoms with E-state index in [1.807, 2.05) is 25.1 Å². The summed E-state index contributed by atoms with van der Waals surface area (Å²) in [6.45, 7) is 2.69. The van der Waals surface area contributed by atoms with Crippen LogP contribution in [0.2, 0.25) is 0 Å². The smallest absolute Gasteiger partial charge is 0.129 e. The van der Waals surface area contributed by atoms with E-state index in [0.29, 0.717) is 6.61 Å². The Kier molecular flexibility index (Phi) is 2.13. The third-order valence-electron chi connectivity index (χ3n) is 2.85. The van der Waals surface area contributed by atoms with Gasteiger partial charge in [-0.3, -0.25) is 4.99 Å². The number of fused-ring (bicyclic) bond motifs is 3. The first-order valence-corrected chi connectivity index (χ1v) is 5.61.